The Hall–Kier alpha value is -0.830. The van der Waals surface area contributed by atoms with Gasteiger partial charge in [0.05, 0.1) is 0 Å². The van der Waals surface area contributed by atoms with Crippen LogP contribution in [0, 0.1) is 0 Å². The third-order valence-corrected chi connectivity index (χ3v) is 2.23. The summed E-state index contributed by atoms with van der Waals surface area (Å²) in [5, 5.41) is 6.20. The first-order valence-electron chi connectivity index (χ1n) is 5.44. The van der Waals surface area contributed by atoms with Gasteiger partial charge >= 0.3 is 0 Å². The maximum absolute atomic E-state index is 11.2. The van der Waals surface area contributed by atoms with Crippen LogP contribution in [0.4, 0.5) is 0 Å². The van der Waals surface area contributed by atoms with Crippen molar-refractivity contribution in [2.45, 2.75) is 38.1 Å². The zero-order valence-corrected chi connectivity index (χ0v) is 8.72. The number of amides is 1. The van der Waals surface area contributed by atoms with E-state index in [9.17, 15) is 4.79 Å². The highest BCUT2D eigenvalue weighted by molar-refractivity contribution is 5.76. The number of hydrogen-bond acceptors (Lipinski definition) is 2. The monoisotopic (exact) mass is 196 g/mol. The van der Waals surface area contributed by atoms with E-state index in [1.54, 1.807) is 0 Å². The third kappa shape index (κ3) is 5.75. The molecule has 0 bridgehead atoms. The van der Waals surface area contributed by atoms with Crippen molar-refractivity contribution in [1.29, 1.82) is 0 Å². The summed E-state index contributed by atoms with van der Waals surface area (Å²) in [5.74, 6) is 0.184. The van der Waals surface area contributed by atoms with Crippen LogP contribution in [0.25, 0.3) is 0 Å². The lowest BCUT2D eigenvalue weighted by Gasteiger charge is -2.04. The van der Waals surface area contributed by atoms with Crippen LogP contribution < -0.4 is 10.6 Å². The molecule has 0 heterocycles. The standard InChI is InChI=1S/C11H20N2O/c1-2-3-4-8-12-9-7-11(14)13-10-5-6-10/h2,10,12H,1,3-9H2,(H,13,14). The summed E-state index contributed by atoms with van der Waals surface area (Å²) in [5.41, 5.74) is 0. The van der Waals surface area contributed by atoms with Crippen molar-refractivity contribution >= 4 is 5.91 Å². The molecule has 1 amide bonds. The number of nitrogens with one attached hydrogen (secondary N) is 2. The van der Waals surface area contributed by atoms with Gasteiger partial charge in [-0.2, -0.15) is 0 Å². The molecule has 1 saturated carbocycles. The molecule has 1 fully saturated rings. The Morgan fingerprint density at radius 1 is 1.43 bits per heavy atom. The Morgan fingerprint density at radius 2 is 2.21 bits per heavy atom. The summed E-state index contributed by atoms with van der Waals surface area (Å²) >= 11 is 0. The predicted octanol–water partition coefficient (Wildman–Crippen LogP) is 1.21. The van der Waals surface area contributed by atoms with E-state index in [4.69, 9.17) is 0 Å². The molecule has 0 radical (unpaired) electrons. The number of allylic oxidation sites excluding steroid dienone is 1. The normalized spacial score (nSPS) is 15.1. The Balaban J connectivity index is 1.82. The number of rotatable bonds is 8. The van der Waals surface area contributed by atoms with Gasteiger partial charge in [0.25, 0.3) is 0 Å². The molecule has 1 rings (SSSR count). The average Bonchev–Trinajstić information content (AvgIpc) is 2.95. The van der Waals surface area contributed by atoms with Gasteiger partial charge in [-0.1, -0.05) is 6.08 Å². The second kappa shape index (κ2) is 6.60. The van der Waals surface area contributed by atoms with E-state index in [1.165, 1.54) is 12.8 Å². The topological polar surface area (TPSA) is 41.1 Å². The fourth-order valence-electron chi connectivity index (χ4n) is 1.23. The molecule has 3 heteroatoms. The van der Waals surface area contributed by atoms with E-state index >= 15 is 0 Å². The van der Waals surface area contributed by atoms with Gasteiger partial charge in [0.1, 0.15) is 0 Å². The smallest absolute Gasteiger partial charge is 0.221 e. The quantitative estimate of drug-likeness (QED) is 0.452. The van der Waals surface area contributed by atoms with Crippen LogP contribution in [0.3, 0.4) is 0 Å². The molecule has 2 N–H and O–H groups in total. The summed E-state index contributed by atoms with van der Waals surface area (Å²) in [6, 6.07) is 0.489. The van der Waals surface area contributed by atoms with Gasteiger partial charge in [0, 0.05) is 19.0 Å². The SMILES string of the molecule is C=CCCCNCCC(=O)NC1CC1. The molecule has 1 aliphatic rings. The summed E-state index contributed by atoms with van der Waals surface area (Å²) in [7, 11) is 0. The van der Waals surface area contributed by atoms with Crippen LogP contribution in [0.5, 0.6) is 0 Å². The van der Waals surface area contributed by atoms with Gasteiger partial charge in [0.2, 0.25) is 5.91 Å². The zero-order chi connectivity index (χ0) is 10.2. The minimum atomic E-state index is 0.184. The molecule has 0 atom stereocenters. The molecule has 14 heavy (non-hydrogen) atoms. The van der Waals surface area contributed by atoms with Gasteiger partial charge in [-0.3, -0.25) is 4.79 Å². The van der Waals surface area contributed by atoms with Crippen molar-refractivity contribution < 1.29 is 4.79 Å². The van der Waals surface area contributed by atoms with E-state index in [0.29, 0.717) is 12.5 Å². The van der Waals surface area contributed by atoms with Gasteiger partial charge in [0.15, 0.2) is 0 Å². The summed E-state index contributed by atoms with van der Waals surface area (Å²) < 4.78 is 0. The molecular weight excluding hydrogens is 176 g/mol. The Morgan fingerprint density at radius 3 is 2.86 bits per heavy atom. The van der Waals surface area contributed by atoms with Crippen molar-refractivity contribution in [3.63, 3.8) is 0 Å². The Kier molecular flexibility index (Phi) is 5.30. The molecule has 3 nitrogen and oxygen atoms in total. The summed E-state index contributed by atoms with van der Waals surface area (Å²) in [6.07, 6.45) is 7.00. The molecule has 1 aliphatic carbocycles. The first-order valence-corrected chi connectivity index (χ1v) is 5.44. The van der Waals surface area contributed by atoms with Crippen molar-refractivity contribution in [3.05, 3.63) is 12.7 Å². The van der Waals surface area contributed by atoms with Crippen molar-refractivity contribution in [1.82, 2.24) is 10.6 Å². The molecule has 0 saturated heterocycles. The highest BCUT2D eigenvalue weighted by atomic mass is 16.1. The summed E-state index contributed by atoms with van der Waals surface area (Å²) in [6.45, 7) is 5.42. The highest BCUT2D eigenvalue weighted by Gasteiger charge is 2.22. The minimum absolute atomic E-state index is 0.184. The van der Waals surface area contributed by atoms with Crippen LogP contribution >= 0.6 is 0 Å². The van der Waals surface area contributed by atoms with Crippen LogP contribution in [0.2, 0.25) is 0 Å². The average molecular weight is 196 g/mol. The fraction of sp³-hybridized carbons (Fsp3) is 0.727. The lowest BCUT2D eigenvalue weighted by molar-refractivity contribution is -0.121. The predicted molar refractivity (Wildman–Crippen MR) is 58.1 cm³/mol. The third-order valence-electron chi connectivity index (χ3n) is 2.23. The van der Waals surface area contributed by atoms with Gasteiger partial charge in [-0.25, -0.2) is 0 Å². The number of carbonyl (C=O) groups excluding carboxylic acids is 1. The molecule has 0 aromatic carbocycles. The Bertz CT molecular complexity index is 188. The van der Waals surface area contributed by atoms with Gasteiger partial charge in [-0.05, 0) is 32.2 Å². The Labute approximate surface area is 86.0 Å². The van der Waals surface area contributed by atoms with Crippen LogP contribution in [0.15, 0.2) is 12.7 Å². The second-order valence-electron chi connectivity index (χ2n) is 3.77. The minimum Gasteiger partial charge on any atom is -0.353 e. The zero-order valence-electron chi connectivity index (χ0n) is 8.72. The molecule has 0 aliphatic heterocycles. The van der Waals surface area contributed by atoms with Crippen LogP contribution in [-0.2, 0) is 4.79 Å². The molecule has 80 valence electrons. The molecule has 0 unspecified atom stereocenters. The first kappa shape index (κ1) is 11.2. The highest BCUT2D eigenvalue weighted by Crippen LogP contribution is 2.18. The van der Waals surface area contributed by atoms with Gasteiger partial charge in [-0.15, -0.1) is 6.58 Å². The number of carbonyl (C=O) groups is 1. The summed E-state index contributed by atoms with van der Waals surface area (Å²) in [4.78, 5) is 11.2. The van der Waals surface area contributed by atoms with E-state index in [0.717, 1.165) is 25.9 Å². The van der Waals surface area contributed by atoms with Gasteiger partial charge < -0.3 is 10.6 Å². The lowest BCUT2D eigenvalue weighted by atomic mass is 10.3. The molecule has 0 aromatic rings. The van der Waals surface area contributed by atoms with E-state index in [1.807, 2.05) is 6.08 Å². The number of hydrogen-bond donors (Lipinski definition) is 2. The molecule has 0 spiro atoms. The maximum Gasteiger partial charge on any atom is 0.221 e. The molecular formula is C11H20N2O. The van der Waals surface area contributed by atoms with Crippen LogP contribution in [-0.4, -0.2) is 25.0 Å². The number of unbranched alkanes of at least 4 members (excludes halogenated alkanes) is 1. The van der Waals surface area contributed by atoms with E-state index in [-0.39, 0.29) is 5.91 Å². The van der Waals surface area contributed by atoms with Crippen molar-refractivity contribution in [2.75, 3.05) is 13.1 Å². The van der Waals surface area contributed by atoms with Crippen molar-refractivity contribution in [3.8, 4) is 0 Å². The maximum atomic E-state index is 11.2. The molecule has 0 aromatic heterocycles. The lowest BCUT2D eigenvalue weighted by Crippen LogP contribution is -2.29. The fourth-order valence-corrected chi connectivity index (χ4v) is 1.23. The van der Waals surface area contributed by atoms with Crippen LogP contribution in [0.1, 0.15) is 32.1 Å². The van der Waals surface area contributed by atoms with E-state index in [2.05, 4.69) is 17.2 Å². The van der Waals surface area contributed by atoms with Crippen molar-refractivity contribution in [2.24, 2.45) is 0 Å². The second-order valence-corrected chi connectivity index (χ2v) is 3.77. The largest absolute Gasteiger partial charge is 0.353 e. The van der Waals surface area contributed by atoms with E-state index < -0.39 is 0 Å². The first-order chi connectivity index (χ1) is 6.83.